The fraction of sp³-hybridized carbons (Fsp3) is 0.533. The molecule has 0 bridgehead atoms. The molecule has 3 N–H and O–H groups in total. The fourth-order valence-electron chi connectivity index (χ4n) is 4.94. The zero-order valence-corrected chi connectivity index (χ0v) is 25.3. The Morgan fingerprint density at radius 2 is 1.93 bits per heavy atom. The van der Waals surface area contributed by atoms with E-state index in [2.05, 4.69) is 57.3 Å². The number of hydrogen-bond acceptors (Lipinski definition) is 9. The summed E-state index contributed by atoms with van der Waals surface area (Å²) >= 11 is 0. The van der Waals surface area contributed by atoms with Crippen molar-refractivity contribution in [2.45, 2.75) is 64.0 Å². The van der Waals surface area contributed by atoms with Gasteiger partial charge in [-0.3, -0.25) is 4.90 Å². The van der Waals surface area contributed by atoms with Gasteiger partial charge in [-0.05, 0) is 63.3 Å². The molecule has 1 saturated carbocycles. The van der Waals surface area contributed by atoms with Gasteiger partial charge in [0.05, 0.1) is 31.1 Å². The molecule has 1 aliphatic heterocycles. The van der Waals surface area contributed by atoms with Crippen LogP contribution in [0.1, 0.15) is 43.4 Å². The lowest BCUT2D eigenvalue weighted by molar-refractivity contribution is -0.00844. The van der Waals surface area contributed by atoms with Crippen LogP contribution >= 0.6 is 0 Å². The van der Waals surface area contributed by atoms with Crippen molar-refractivity contribution in [1.29, 1.82) is 0 Å². The third-order valence-electron chi connectivity index (χ3n) is 8.00. The van der Waals surface area contributed by atoms with Gasteiger partial charge in [-0.25, -0.2) is 18.1 Å². The zero-order chi connectivity index (χ0) is 29.0. The van der Waals surface area contributed by atoms with Crippen molar-refractivity contribution in [3.05, 3.63) is 64.9 Å². The van der Waals surface area contributed by atoms with E-state index in [-0.39, 0.29) is 11.3 Å². The summed E-state index contributed by atoms with van der Waals surface area (Å²) in [5, 5.41) is 6.61. The highest BCUT2D eigenvalue weighted by atomic mass is 32.2. The highest BCUT2D eigenvalue weighted by Gasteiger charge is 2.35. The maximum atomic E-state index is 12.2. The van der Waals surface area contributed by atoms with Crippen molar-refractivity contribution in [3.63, 3.8) is 0 Å². The average Bonchev–Trinajstić information content (AvgIpc) is 3.80. The molecule has 1 saturated heterocycles. The van der Waals surface area contributed by atoms with Crippen LogP contribution in [0.15, 0.2) is 48.2 Å². The fourth-order valence-corrected chi connectivity index (χ4v) is 6.30. The summed E-state index contributed by atoms with van der Waals surface area (Å²) in [5.74, 6) is 1.24. The number of anilines is 3. The predicted octanol–water partition coefficient (Wildman–Crippen LogP) is 3.82. The second-order valence-electron chi connectivity index (χ2n) is 11.4. The lowest BCUT2D eigenvalue weighted by Crippen LogP contribution is -2.40. The van der Waals surface area contributed by atoms with Crippen molar-refractivity contribution in [2.24, 2.45) is 0 Å². The lowest BCUT2D eigenvalue weighted by atomic mass is 9.89. The molecule has 2 unspecified atom stereocenters. The smallest absolute Gasteiger partial charge is 0.225 e. The van der Waals surface area contributed by atoms with Gasteiger partial charge in [0, 0.05) is 43.6 Å². The number of rotatable bonds is 12. The first-order chi connectivity index (χ1) is 19.6. The zero-order valence-electron chi connectivity index (χ0n) is 24.4. The van der Waals surface area contributed by atoms with Crippen molar-refractivity contribution < 1.29 is 17.9 Å². The second-order valence-corrected chi connectivity index (χ2v) is 13.4. The van der Waals surface area contributed by atoms with Gasteiger partial charge in [0.2, 0.25) is 16.0 Å². The largest absolute Gasteiger partial charge is 0.379 e. The van der Waals surface area contributed by atoms with Gasteiger partial charge in [-0.2, -0.15) is 4.98 Å². The molecule has 3 aliphatic rings. The van der Waals surface area contributed by atoms with Crippen LogP contribution in [-0.4, -0.2) is 79.6 Å². The predicted molar refractivity (Wildman–Crippen MR) is 162 cm³/mol. The first-order valence-corrected chi connectivity index (χ1v) is 15.9. The van der Waals surface area contributed by atoms with Crippen LogP contribution in [0.25, 0.3) is 0 Å². The van der Waals surface area contributed by atoms with Gasteiger partial charge in [-0.1, -0.05) is 30.4 Å². The minimum absolute atomic E-state index is 0.0538. The molecule has 2 atom stereocenters. The molecule has 2 aromatic rings. The normalized spacial score (nSPS) is 23.3. The summed E-state index contributed by atoms with van der Waals surface area (Å²) in [6.07, 6.45) is 9.67. The number of ether oxygens (including phenoxy) is 2. The van der Waals surface area contributed by atoms with Crippen LogP contribution in [0.4, 0.5) is 17.5 Å². The van der Waals surface area contributed by atoms with Crippen molar-refractivity contribution in [1.82, 2.24) is 19.6 Å². The van der Waals surface area contributed by atoms with Crippen molar-refractivity contribution in [3.8, 4) is 0 Å². The average molecular weight is 583 g/mol. The van der Waals surface area contributed by atoms with Gasteiger partial charge in [0.1, 0.15) is 11.4 Å². The first-order valence-electron chi connectivity index (χ1n) is 14.4. The Morgan fingerprint density at radius 1 is 1.15 bits per heavy atom. The summed E-state index contributed by atoms with van der Waals surface area (Å²) in [6.45, 7) is 13.5. The molecule has 1 aromatic carbocycles. The van der Waals surface area contributed by atoms with E-state index >= 15 is 0 Å². The number of aryl methyl sites for hydroxylation is 2. The molecule has 0 amide bonds. The van der Waals surface area contributed by atoms with E-state index < -0.39 is 15.6 Å². The molecule has 0 radical (unpaired) electrons. The van der Waals surface area contributed by atoms with Crippen LogP contribution in [0.3, 0.4) is 0 Å². The number of morpholine rings is 1. The van der Waals surface area contributed by atoms with Gasteiger partial charge in [-0.15, -0.1) is 0 Å². The molecule has 2 heterocycles. The standard InChI is InChI=1S/C30H42N6O4S/c1-21-17-24(20-32-41(37,38)26-6-7-26)5-8-27(21)34-28-22(2)19-31-29(35-28)33-25-9-10-30(4,23(3)18-25)40-16-13-36-11-14-39-15-12-36/h5,8-10,17-19,25-26,32H,6-7,11-16,20H2,1-4H3,(H2,31,33,34,35). The molecule has 10 nitrogen and oxygen atoms in total. The summed E-state index contributed by atoms with van der Waals surface area (Å²) in [4.78, 5) is 11.6. The van der Waals surface area contributed by atoms with E-state index in [1.165, 1.54) is 0 Å². The third-order valence-corrected chi connectivity index (χ3v) is 9.90. The summed E-state index contributed by atoms with van der Waals surface area (Å²) < 4.78 is 38.8. The highest BCUT2D eigenvalue weighted by molar-refractivity contribution is 7.90. The SMILES string of the molecule is CC1=CC(Nc2ncc(C)c(Nc3ccc(CNS(=O)(=O)C4CC4)cc3C)n2)C=CC1(C)OCCN1CCOCC1. The number of hydrogen-bond donors (Lipinski definition) is 3. The summed E-state index contributed by atoms with van der Waals surface area (Å²) in [5.41, 5.74) is 4.45. The summed E-state index contributed by atoms with van der Waals surface area (Å²) in [6, 6.07) is 5.83. The molecule has 2 fully saturated rings. The molecule has 1 aromatic heterocycles. The molecule has 11 heteroatoms. The Labute approximate surface area is 243 Å². The van der Waals surface area contributed by atoms with Crippen LogP contribution in [0.2, 0.25) is 0 Å². The van der Waals surface area contributed by atoms with Gasteiger partial charge in [0.25, 0.3) is 0 Å². The molecule has 2 aliphatic carbocycles. The Bertz CT molecular complexity index is 1400. The topological polar surface area (TPSA) is 118 Å². The molecule has 0 spiro atoms. The van der Waals surface area contributed by atoms with E-state index in [1.54, 1.807) is 6.20 Å². The van der Waals surface area contributed by atoms with Crippen LogP contribution in [0.5, 0.6) is 0 Å². The minimum atomic E-state index is -3.21. The third kappa shape index (κ3) is 7.72. The number of benzene rings is 1. The maximum absolute atomic E-state index is 12.2. The van der Waals surface area contributed by atoms with Crippen molar-refractivity contribution in [2.75, 3.05) is 50.1 Å². The first kappa shape index (κ1) is 29.7. The van der Waals surface area contributed by atoms with E-state index in [0.717, 1.165) is 73.6 Å². The molecule has 41 heavy (non-hydrogen) atoms. The number of nitrogens with one attached hydrogen (secondary N) is 3. The molecule has 222 valence electrons. The van der Waals surface area contributed by atoms with Gasteiger partial charge >= 0.3 is 0 Å². The molecular weight excluding hydrogens is 540 g/mol. The van der Waals surface area contributed by atoms with Crippen LogP contribution in [-0.2, 0) is 26.0 Å². The Balaban J connectivity index is 1.17. The van der Waals surface area contributed by atoms with Crippen LogP contribution in [0, 0.1) is 13.8 Å². The Morgan fingerprint density at radius 3 is 2.63 bits per heavy atom. The molecular formula is C30H42N6O4S. The number of nitrogens with zero attached hydrogens (tertiary/aromatic N) is 3. The van der Waals surface area contributed by atoms with E-state index in [9.17, 15) is 8.42 Å². The van der Waals surface area contributed by atoms with Gasteiger partial charge in [0.15, 0.2) is 0 Å². The summed E-state index contributed by atoms with van der Waals surface area (Å²) in [7, 11) is -3.21. The lowest BCUT2D eigenvalue weighted by Gasteiger charge is -2.34. The number of aromatic nitrogens is 2. The molecule has 5 rings (SSSR count). The number of sulfonamides is 1. The minimum Gasteiger partial charge on any atom is -0.379 e. The quantitative estimate of drug-likeness (QED) is 0.321. The Hall–Kier alpha value is -2.83. The van der Waals surface area contributed by atoms with E-state index in [1.807, 2.05) is 32.0 Å². The maximum Gasteiger partial charge on any atom is 0.225 e. The highest BCUT2D eigenvalue weighted by Crippen LogP contribution is 2.30. The Kier molecular flexibility index (Phi) is 9.10. The van der Waals surface area contributed by atoms with Crippen LogP contribution < -0.4 is 15.4 Å². The van der Waals surface area contributed by atoms with E-state index in [4.69, 9.17) is 14.5 Å². The monoisotopic (exact) mass is 582 g/mol. The second kappa shape index (κ2) is 12.6. The van der Waals surface area contributed by atoms with Gasteiger partial charge < -0.3 is 20.1 Å². The van der Waals surface area contributed by atoms with E-state index in [0.29, 0.717) is 24.9 Å². The van der Waals surface area contributed by atoms with Crippen molar-refractivity contribution >= 4 is 27.5 Å².